The van der Waals surface area contributed by atoms with Gasteiger partial charge in [0.2, 0.25) is 0 Å². The van der Waals surface area contributed by atoms with Crippen molar-refractivity contribution in [3.63, 3.8) is 0 Å². The van der Waals surface area contributed by atoms with E-state index in [9.17, 15) is 37.4 Å². The smallest absolute Gasteiger partial charge is 0.416 e. The van der Waals surface area contributed by atoms with Gasteiger partial charge in [-0.15, -0.1) is 11.8 Å². The molecule has 1 aromatic heterocycles. The van der Waals surface area contributed by atoms with Crippen LogP contribution in [0.1, 0.15) is 28.3 Å². The average molecular weight is 479 g/mol. The average Bonchev–Trinajstić information content (AvgIpc) is 3.17. The van der Waals surface area contributed by atoms with E-state index < -0.39 is 47.1 Å². The van der Waals surface area contributed by atoms with Crippen LogP contribution in [0.25, 0.3) is 11.1 Å². The molecule has 2 aromatic carbocycles. The van der Waals surface area contributed by atoms with Crippen LogP contribution in [0, 0.1) is 12.7 Å². The van der Waals surface area contributed by atoms with E-state index in [-0.39, 0.29) is 33.2 Å². The minimum Gasteiger partial charge on any atom is -0.508 e. The molecule has 0 spiro atoms. The van der Waals surface area contributed by atoms with Gasteiger partial charge in [0.1, 0.15) is 17.6 Å². The van der Waals surface area contributed by atoms with E-state index in [2.05, 4.69) is 0 Å². The molecule has 2 heterocycles. The van der Waals surface area contributed by atoms with Gasteiger partial charge in [-0.1, -0.05) is 18.2 Å². The number of carboxylic acid groups (broad SMARTS) is 1. The molecule has 0 saturated carbocycles. The topological polar surface area (TPSA) is 79.5 Å². The van der Waals surface area contributed by atoms with Gasteiger partial charge in [-0.3, -0.25) is 9.36 Å². The second-order valence-electron chi connectivity index (χ2n) is 7.61. The van der Waals surface area contributed by atoms with E-state index in [1.165, 1.54) is 31.2 Å². The fraction of sp³-hybridized carbons (Fsp3) is 0.217. The molecule has 0 bridgehead atoms. The number of thioether (sulfide) groups is 1. The summed E-state index contributed by atoms with van der Waals surface area (Å²) in [5, 5.41) is 19.7. The summed E-state index contributed by atoms with van der Waals surface area (Å²) in [6, 6.07) is 7.17. The number of aromatic hydroxyl groups is 1. The minimum absolute atomic E-state index is 0.00388. The van der Waals surface area contributed by atoms with Gasteiger partial charge >= 0.3 is 12.1 Å². The van der Waals surface area contributed by atoms with Gasteiger partial charge in [0, 0.05) is 17.7 Å². The zero-order valence-electron chi connectivity index (χ0n) is 17.1. The number of phenolic OH excluding ortho intramolecular Hbond substituents is 1. The molecule has 0 saturated heterocycles. The first-order valence-electron chi connectivity index (χ1n) is 9.78. The summed E-state index contributed by atoms with van der Waals surface area (Å²) < 4.78 is 56.4. The summed E-state index contributed by atoms with van der Waals surface area (Å²) in [6.07, 6.45) is -5.29. The zero-order chi connectivity index (χ0) is 24.1. The number of aliphatic carboxylic acids is 1. The Bertz CT molecular complexity index is 1330. The van der Waals surface area contributed by atoms with Crippen molar-refractivity contribution in [2.45, 2.75) is 30.6 Å². The van der Waals surface area contributed by atoms with Crippen LogP contribution in [0.15, 0.2) is 52.3 Å². The maximum absolute atomic E-state index is 14.6. The first-order valence-corrected chi connectivity index (χ1v) is 10.8. The van der Waals surface area contributed by atoms with Crippen molar-refractivity contribution >= 4 is 17.7 Å². The first kappa shape index (κ1) is 22.9. The molecule has 2 N–H and O–H groups in total. The third-order valence-electron chi connectivity index (χ3n) is 5.62. The molecule has 1 atom stereocenters. The van der Waals surface area contributed by atoms with Crippen LogP contribution in [-0.4, -0.2) is 26.5 Å². The van der Waals surface area contributed by atoms with Crippen molar-refractivity contribution in [2.24, 2.45) is 0 Å². The second kappa shape index (κ2) is 8.26. The molecular formula is C23H17F4NO4S. The minimum atomic E-state index is -4.80. The highest BCUT2D eigenvalue weighted by molar-refractivity contribution is 7.99. The third-order valence-corrected chi connectivity index (χ3v) is 6.82. The van der Waals surface area contributed by atoms with Gasteiger partial charge in [0.25, 0.3) is 5.56 Å². The van der Waals surface area contributed by atoms with Crippen LogP contribution in [-0.2, 0) is 17.4 Å². The Morgan fingerprint density at radius 3 is 2.52 bits per heavy atom. The van der Waals surface area contributed by atoms with Crippen molar-refractivity contribution in [1.82, 2.24) is 4.57 Å². The summed E-state index contributed by atoms with van der Waals surface area (Å²) in [5.41, 5.74) is -1.51. The number of aromatic nitrogens is 1. The lowest BCUT2D eigenvalue weighted by Gasteiger charge is -2.20. The van der Waals surface area contributed by atoms with Gasteiger partial charge in [-0.05, 0) is 47.9 Å². The number of carboxylic acids is 1. The molecule has 172 valence electrons. The van der Waals surface area contributed by atoms with Crippen LogP contribution in [0.3, 0.4) is 0 Å². The predicted molar refractivity (Wildman–Crippen MR) is 114 cm³/mol. The monoisotopic (exact) mass is 479 g/mol. The lowest BCUT2D eigenvalue weighted by atomic mass is 9.92. The van der Waals surface area contributed by atoms with Crippen molar-refractivity contribution < 1.29 is 32.6 Å². The standard InChI is InChI=1S/C23H17F4NO4S/c1-11-14(9-15-16(23(25,26)27)6-3-7-17(15)24)21-28(18(10-33-21)22(31)32)20(30)19(11)12-4-2-5-13(29)8-12/h2-8,18,29H,9-10H2,1H3,(H,31,32). The molecule has 5 nitrogen and oxygen atoms in total. The molecule has 1 aliphatic heterocycles. The molecule has 0 aliphatic carbocycles. The van der Waals surface area contributed by atoms with Gasteiger partial charge in [-0.25, -0.2) is 9.18 Å². The van der Waals surface area contributed by atoms with Gasteiger partial charge in [-0.2, -0.15) is 13.2 Å². The highest BCUT2D eigenvalue weighted by Crippen LogP contribution is 2.41. The number of hydrogen-bond acceptors (Lipinski definition) is 4. The number of alkyl halides is 3. The van der Waals surface area contributed by atoms with E-state index >= 15 is 0 Å². The summed E-state index contributed by atoms with van der Waals surface area (Å²) in [6.45, 7) is 1.53. The third kappa shape index (κ3) is 3.99. The fourth-order valence-electron chi connectivity index (χ4n) is 4.07. The number of benzene rings is 2. The molecule has 3 aromatic rings. The maximum atomic E-state index is 14.6. The second-order valence-corrected chi connectivity index (χ2v) is 8.62. The van der Waals surface area contributed by atoms with E-state index in [4.69, 9.17) is 0 Å². The van der Waals surface area contributed by atoms with Crippen LogP contribution < -0.4 is 5.56 Å². The largest absolute Gasteiger partial charge is 0.508 e. The van der Waals surface area contributed by atoms with Crippen LogP contribution in [0.2, 0.25) is 0 Å². The fourth-order valence-corrected chi connectivity index (χ4v) is 5.43. The quantitative estimate of drug-likeness (QED) is 0.515. The number of nitrogens with zero attached hydrogens (tertiary/aromatic N) is 1. The molecule has 0 fully saturated rings. The highest BCUT2D eigenvalue weighted by Gasteiger charge is 2.37. The normalized spacial score (nSPS) is 15.5. The summed E-state index contributed by atoms with van der Waals surface area (Å²) in [4.78, 5) is 25.1. The molecule has 1 aliphatic rings. The van der Waals surface area contributed by atoms with Crippen molar-refractivity contribution in [1.29, 1.82) is 0 Å². The van der Waals surface area contributed by atoms with E-state index in [0.29, 0.717) is 5.56 Å². The molecule has 10 heteroatoms. The number of hydrogen-bond donors (Lipinski definition) is 2. The Hall–Kier alpha value is -3.27. The molecule has 33 heavy (non-hydrogen) atoms. The number of pyridine rings is 1. The number of carbonyl (C=O) groups is 1. The van der Waals surface area contributed by atoms with E-state index in [1.807, 2.05) is 0 Å². The van der Waals surface area contributed by atoms with Gasteiger partial charge < -0.3 is 10.2 Å². The first-order chi connectivity index (χ1) is 15.5. The molecule has 0 amide bonds. The molecule has 4 rings (SSSR count). The van der Waals surface area contributed by atoms with Crippen molar-refractivity contribution in [3.8, 4) is 16.9 Å². The Labute approximate surface area is 189 Å². The Morgan fingerprint density at radius 1 is 1.18 bits per heavy atom. The molecule has 0 radical (unpaired) electrons. The molecule has 1 unspecified atom stereocenters. The summed E-state index contributed by atoms with van der Waals surface area (Å²) in [5.74, 6) is -2.45. The zero-order valence-corrected chi connectivity index (χ0v) is 17.9. The number of fused-ring (bicyclic) bond motifs is 1. The highest BCUT2D eigenvalue weighted by atomic mass is 32.2. The number of rotatable bonds is 4. The van der Waals surface area contributed by atoms with Gasteiger partial charge in [0.05, 0.1) is 16.2 Å². The van der Waals surface area contributed by atoms with Crippen molar-refractivity contribution in [2.75, 3.05) is 5.75 Å². The van der Waals surface area contributed by atoms with E-state index in [0.717, 1.165) is 34.5 Å². The summed E-state index contributed by atoms with van der Waals surface area (Å²) >= 11 is 1.03. The Kier molecular flexibility index (Phi) is 5.73. The Morgan fingerprint density at radius 2 is 1.88 bits per heavy atom. The SMILES string of the molecule is Cc1c(Cc2c(F)cccc2C(F)(F)F)c2n(c(=O)c1-c1cccc(O)c1)C(C(=O)O)CS2. The molecular weight excluding hydrogens is 462 g/mol. The van der Waals surface area contributed by atoms with Crippen molar-refractivity contribution in [3.05, 3.63) is 80.9 Å². The maximum Gasteiger partial charge on any atom is 0.416 e. The Balaban J connectivity index is 2.03. The van der Waals surface area contributed by atoms with Crippen LogP contribution in [0.5, 0.6) is 5.75 Å². The number of halogens is 4. The summed E-state index contributed by atoms with van der Waals surface area (Å²) in [7, 11) is 0. The lowest BCUT2D eigenvalue weighted by molar-refractivity contribution is -0.140. The van der Waals surface area contributed by atoms with Gasteiger partial charge in [0.15, 0.2) is 0 Å². The van der Waals surface area contributed by atoms with Crippen LogP contribution in [0.4, 0.5) is 17.6 Å². The predicted octanol–water partition coefficient (Wildman–Crippen LogP) is 5.01. The lowest BCUT2D eigenvalue weighted by Crippen LogP contribution is -2.31. The van der Waals surface area contributed by atoms with Crippen LogP contribution >= 0.6 is 11.8 Å². The van der Waals surface area contributed by atoms with E-state index in [1.54, 1.807) is 0 Å². The number of phenols is 1.